The summed E-state index contributed by atoms with van der Waals surface area (Å²) in [5, 5.41) is 19.8. The SMILES string of the molecule is Nc1sc2cccc(O)c2c1CO. The van der Waals surface area contributed by atoms with Crippen molar-refractivity contribution in [2.24, 2.45) is 0 Å². The van der Waals surface area contributed by atoms with Crippen LogP contribution in [0.25, 0.3) is 10.1 Å². The minimum Gasteiger partial charge on any atom is -0.507 e. The molecule has 1 aromatic carbocycles. The van der Waals surface area contributed by atoms with E-state index >= 15 is 0 Å². The average Bonchev–Trinajstić information content (AvgIpc) is 2.42. The van der Waals surface area contributed by atoms with Crippen LogP contribution < -0.4 is 5.73 Å². The first-order chi connectivity index (χ1) is 6.24. The maximum Gasteiger partial charge on any atom is 0.124 e. The summed E-state index contributed by atoms with van der Waals surface area (Å²) in [6.07, 6.45) is 0. The molecule has 68 valence electrons. The van der Waals surface area contributed by atoms with Gasteiger partial charge in [0.25, 0.3) is 0 Å². The molecule has 0 bridgehead atoms. The van der Waals surface area contributed by atoms with Crippen LogP contribution in [0.2, 0.25) is 0 Å². The quantitative estimate of drug-likeness (QED) is 0.648. The lowest BCUT2D eigenvalue weighted by atomic mass is 10.1. The maximum atomic E-state index is 9.54. The molecule has 0 atom stereocenters. The van der Waals surface area contributed by atoms with Crippen molar-refractivity contribution in [1.82, 2.24) is 0 Å². The van der Waals surface area contributed by atoms with Gasteiger partial charge in [0.05, 0.1) is 11.6 Å². The fraction of sp³-hybridized carbons (Fsp3) is 0.111. The smallest absolute Gasteiger partial charge is 0.124 e. The molecule has 0 fully saturated rings. The van der Waals surface area contributed by atoms with Gasteiger partial charge in [0, 0.05) is 15.6 Å². The normalized spacial score (nSPS) is 10.8. The molecule has 0 aliphatic heterocycles. The van der Waals surface area contributed by atoms with Crippen LogP contribution in [0.4, 0.5) is 5.00 Å². The molecule has 0 aliphatic carbocycles. The van der Waals surface area contributed by atoms with Crippen molar-refractivity contribution in [2.45, 2.75) is 6.61 Å². The number of phenols is 1. The summed E-state index contributed by atoms with van der Waals surface area (Å²) in [7, 11) is 0. The minimum absolute atomic E-state index is 0.136. The summed E-state index contributed by atoms with van der Waals surface area (Å²) < 4.78 is 0.904. The van der Waals surface area contributed by atoms with Crippen LogP contribution in [0.15, 0.2) is 18.2 Å². The number of hydrogen-bond acceptors (Lipinski definition) is 4. The number of anilines is 1. The number of thiophene rings is 1. The number of aromatic hydroxyl groups is 1. The molecule has 3 nitrogen and oxygen atoms in total. The second kappa shape index (κ2) is 2.90. The molecule has 0 aliphatic rings. The Labute approximate surface area is 79.0 Å². The summed E-state index contributed by atoms with van der Waals surface area (Å²) in [5.41, 5.74) is 6.30. The molecule has 2 rings (SSSR count). The van der Waals surface area contributed by atoms with E-state index in [4.69, 9.17) is 10.8 Å². The van der Waals surface area contributed by atoms with Gasteiger partial charge in [-0.25, -0.2) is 0 Å². The van der Waals surface area contributed by atoms with Gasteiger partial charge in [0.2, 0.25) is 0 Å². The number of rotatable bonds is 1. The first-order valence-corrected chi connectivity index (χ1v) is 4.65. The predicted octanol–water partition coefficient (Wildman–Crippen LogP) is 1.68. The van der Waals surface area contributed by atoms with Crippen molar-refractivity contribution in [3.8, 4) is 5.75 Å². The number of aliphatic hydroxyl groups excluding tert-OH is 1. The van der Waals surface area contributed by atoms with E-state index in [0.29, 0.717) is 16.0 Å². The fourth-order valence-electron chi connectivity index (χ4n) is 1.37. The third-order valence-electron chi connectivity index (χ3n) is 1.98. The number of benzene rings is 1. The lowest BCUT2D eigenvalue weighted by Crippen LogP contribution is -1.87. The van der Waals surface area contributed by atoms with E-state index in [1.54, 1.807) is 12.1 Å². The molecule has 4 N–H and O–H groups in total. The number of phenolic OH excluding ortho intramolecular Hbond substituents is 1. The number of hydrogen-bond donors (Lipinski definition) is 3. The van der Waals surface area contributed by atoms with Crippen LogP contribution in [0, 0.1) is 0 Å². The molecular weight excluding hydrogens is 186 g/mol. The topological polar surface area (TPSA) is 66.5 Å². The molecule has 0 amide bonds. The summed E-state index contributed by atoms with van der Waals surface area (Å²) >= 11 is 1.38. The van der Waals surface area contributed by atoms with Crippen molar-refractivity contribution >= 4 is 26.4 Å². The van der Waals surface area contributed by atoms with Gasteiger partial charge in [-0.3, -0.25) is 0 Å². The van der Waals surface area contributed by atoms with Gasteiger partial charge in [-0.2, -0.15) is 0 Å². The predicted molar refractivity (Wildman–Crippen MR) is 53.8 cm³/mol. The van der Waals surface area contributed by atoms with Gasteiger partial charge in [-0.1, -0.05) is 6.07 Å². The van der Waals surface area contributed by atoms with Crippen LogP contribution in [0.3, 0.4) is 0 Å². The summed E-state index contributed by atoms with van der Waals surface area (Å²) in [5.74, 6) is 0.175. The molecule has 13 heavy (non-hydrogen) atoms. The Balaban J connectivity index is 2.88. The van der Waals surface area contributed by atoms with Crippen LogP contribution in [-0.4, -0.2) is 10.2 Å². The van der Waals surface area contributed by atoms with E-state index in [1.165, 1.54) is 11.3 Å². The first-order valence-electron chi connectivity index (χ1n) is 3.83. The number of nitrogens with two attached hydrogens (primary N) is 1. The summed E-state index contributed by atoms with van der Waals surface area (Å²) in [6, 6.07) is 5.22. The third-order valence-corrected chi connectivity index (χ3v) is 3.01. The Morgan fingerprint density at radius 3 is 2.85 bits per heavy atom. The second-order valence-corrected chi connectivity index (χ2v) is 3.84. The van der Waals surface area contributed by atoms with Crippen molar-refractivity contribution in [2.75, 3.05) is 5.73 Å². The van der Waals surface area contributed by atoms with Gasteiger partial charge < -0.3 is 15.9 Å². The molecule has 0 saturated heterocycles. The van der Waals surface area contributed by atoms with Gasteiger partial charge in [-0.05, 0) is 12.1 Å². The molecule has 0 radical (unpaired) electrons. The Hall–Kier alpha value is -1.26. The highest BCUT2D eigenvalue weighted by atomic mass is 32.1. The number of fused-ring (bicyclic) bond motifs is 1. The molecule has 0 spiro atoms. The van der Waals surface area contributed by atoms with E-state index in [-0.39, 0.29) is 12.4 Å². The molecule has 1 heterocycles. The summed E-state index contributed by atoms with van der Waals surface area (Å²) in [4.78, 5) is 0. The van der Waals surface area contributed by atoms with Gasteiger partial charge in [0.1, 0.15) is 5.75 Å². The van der Waals surface area contributed by atoms with Crippen molar-refractivity contribution < 1.29 is 10.2 Å². The molecule has 2 aromatic rings. The van der Waals surface area contributed by atoms with Crippen LogP contribution in [0.5, 0.6) is 5.75 Å². The molecule has 1 aromatic heterocycles. The Bertz CT molecular complexity index is 450. The Kier molecular flexibility index (Phi) is 1.86. The van der Waals surface area contributed by atoms with Gasteiger partial charge >= 0.3 is 0 Å². The Morgan fingerprint density at radius 1 is 1.38 bits per heavy atom. The molecule has 0 unspecified atom stereocenters. The third kappa shape index (κ3) is 1.15. The van der Waals surface area contributed by atoms with E-state index in [2.05, 4.69) is 0 Å². The van der Waals surface area contributed by atoms with E-state index in [1.807, 2.05) is 6.07 Å². The standard InChI is InChI=1S/C9H9NO2S/c10-9-5(4-11)8-6(12)2-1-3-7(8)13-9/h1-3,11-12H,4,10H2. The summed E-state index contributed by atoms with van der Waals surface area (Å²) in [6.45, 7) is -0.136. The zero-order chi connectivity index (χ0) is 9.42. The van der Waals surface area contributed by atoms with Crippen LogP contribution in [-0.2, 0) is 6.61 Å². The van der Waals surface area contributed by atoms with Crippen LogP contribution >= 0.6 is 11.3 Å². The highest BCUT2D eigenvalue weighted by molar-refractivity contribution is 7.23. The zero-order valence-electron chi connectivity index (χ0n) is 6.82. The van der Waals surface area contributed by atoms with Crippen molar-refractivity contribution in [1.29, 1.82) is 0 Å². The van der Waals surface area contributed by atoms with Gasteiger partial charge in [0.15, 0.2) is 0 Å². The largest absolute Gasteiger partial charge is 0.507 e. The monoisotopic (exact) mass is 195 g/mol. The second-order valence-electron chi connectivity index (χ2n) is 2.75. The van der Waals surface area contributed by atoms with E-state index < -0.39 is 0 Å². The average molecular weight is 195 g/mol. The molecule has 0 saturated carbocycles. The van der Waals surface area contributed by atoms with Crippen LogP contribution in [0.1, 0.15) is 5.56 Å². The fourth-order valence-corrected chi connectivity index (χ4v) is 2.37. The lowest BCUT2D eigenvalue weighted by molar-refractivity contribution is 0.284. The molecular formula is C9H9NO2S. The molecule has 4 heteroatoms. The van der Waals surface area contributed by atoms with E-state index in [9.17, 15) is 5.11 Å². The van der Waals surface area contributed by atoms with Crippen molar-refractivity contribution in [3.63, 3.8) is 0 Å². The van der Waals surface area contributed by atoms with E-state index in [0.717, 1.165) is 4.70 Å². The minimum atomic E-state index is -0.136. The number of nitrogen functional groups attached to an aromatic ring is 1. The highest BCUT2D eigenvalue weighted by Gasteiger charge is 2.11. The first kappa shape index (κ1) is 8.34. The maximum absolute atomic E-state index is 9.54. The van der Waals surface area contributed by atoms with Gasteiger partial charge in [-0.15, -0.1) is 11.3 Å². The number of aliphatic hydroxyl groups is 1. The van der Waals surface area contributed by atoms with Crippen molar-refractivity contribution in [3.05, 3.63) is 23.8 Å². The zero-order valence-corrected chi connectivity index (χ0v) is 7.64. The highest BCUT2D eigenvalue weighted by Crippen LogP contribution is 2.38. The lowest BCUT2D eigenvalue weighted by Gasteiger charge is -1.97. The Morgan fingerprint density at radius 2 is 2.15 bits per heavy atom.